The van der Waals surface area contributed by atoms with E-state index in [9.17, 15) is 9.36 Å². The summed E-state index contributed by atoms with van der Waals surface area (Å²) in [6.07, 6.45) is -0.0195. The second-order valence-electron chi connectivity index (χ2n) is 1.99. The van der Waals surface area contributed by atoms with E-state index in [1.54, 1.807) is 0 Å². The van der Waals surface area contributed by atoms with Gasteiger partial charge in [0.1, 0.15) is 6.61 Å². The summed E-state index contributed by atoms with van der Waals surface area (Å²) in [5, 5.41) is 0. The minimum Gasteiger partial charge on any atom is -0.458 e. The molecule has 0 saturated carbocycles. The van der Waals surface area contributed by atoms with Crippen LogP contribution in [0.25, 0.3) is 0 Å². The summed E-state index contributed by atoms with van der Waals surface area (Å²) in [6, 6.07) is 0. The molecule has 0 fully saturated rings. The number of ether oxygens (including phenoxy) is 1. The van der Waals surface area contributed by atoms with Crippen molar-refractivity contribution in [1.82, 2.24) is 0 Å². The van der Waals surface area contributed by atoms with E-state index in [0.29, 0.717) is 0 Å². The number of hydrogen-bond donors (Lipinski definition) is 1. The maximum absolute atomic E-state index is 10.6. The Bertz CT molecular complexity index is 187. The van der Waals surface area contributed by atoms with Gasteiger partial charge >= 0.3 is 14.0 Å². The second-order valence-corrected chi connectivity index (χ2v) is 3.14. The van der Waals surface area contributed by atoms with Gasteiger partial charge in [0.2, 0.25) is 6.16 Å². The molecule has 0 radical (unpaired) electrons. The molecule has 0 amide bonds. The van der Waals surface area contributed by atoms with Gasteiger partial charge in [-0.2, -0.15) is 4.89 Å². The molecular formula is C6H10O4P+. The Morgan fingerprint density at radius 1 is 1.73 bits per heavy atom. The quantitative estimate of drug-likeness (QED) is 0.392. The SMILES string of the molecule is C=C(C)C(=O)OCC[P+](=O)O. The maximum atomic E-state index is 10.6. The van der Waals surface area contributed by atoms with Crippen LogP contribution in [0, 0.1) is 0 Å². The molecule has 5 heteroatoms. The van der Waals surface area contributed by atoms with Crippen molar-refractivity contribution < 1.29 is 19.0 Å². The van der Waals surface area contributed by atoms with Crippen LogP contribution in [0.1, 0.15) is 6.92 Å². The molecule has 0 rings (SSSR count). The van der Waals surface area contributed by atoms with Gasteiger partial charge in [-0.1, -0.05) is 6.58 Å². The lowest BCUT2D eigenvalue weighted by Crippen LogP contribution is -2.07. The monoisotopic (exact) mass is 177 g/mol. The molecule has 0 bridgehead atoms. The fraction of sp³-hybridized carbons (Fsp3) is 0.500. The Hall–Kier alpha value is -0.730. The molecule has 0 aliphatic carbocycles. The van der Waals surface area contributed by atoms with Crippen molar-refractivity contribution in [2.75, 3.05) is 12.8 Å². The van der Waals surface area contributed by atoms with Crippen LogP contribution in [0.5, 0.6) is 0 Å². The summed E-state index contributed by atoms with van der Waals surface area (Å²) in [7, 11) is -2.21. The number of hydrogen-bond acceptors (Lipinski definition) is 3. The van der Waals surface area contributed by atoms with Crippen LogP contribution in [-0.2, 0) is 14.1 Å². The maximum Gasteiger partial charge on any atom is 0.509 e. The number of rotatable bonds is 4. The van der Waals surface area contributed by atoms with Crippen LogP contribution in [0.15, 0.2) is 12.2 Å². The third kappa shape index (κ3) is 5.70. The minimum absolute atomic E-state index is 0.0195. The molecular weight excluding hydrogens is 167 g/mol. The van der Waals surface area contributed by atoms with Gasteiger partial charge in [-0.3, -0.25) is 0 Å². The largest absolute Gasteiger partial charge is 0.509 e. The van der Waals surface area contributed by atoms with Gasteiger partial charge in [0.25, 0.3) is 0 Å². The summed E-state index contributed by atoms with van der Waals surface area (Å²) in [5.74, 6) is -0.526. The lowest BCUT2D eigenvalue weighted by molar-refractivity contribution is -0.138. The van der Waals surface area contributed by atoms with E-state index in [1.165, 1.54) is 6.92 Å². The summed E-state index contributed by atoms with van der Waals surface area (Å²) in [4.78, 5) is 18.9. The fourth-order valence-corrected chi connectivity index (χ4v) is 0.587. The van der Waals surface area contributed by atoms with Gasteiger partial charge in [0.15, 0.2) is 0 Å². The Morgan fingerprint density at radius 3 is 2.64 bits per heavy atom. The van der Waals surface area contributed by atoms with Gasteiger partial charge < -0.3 is 4.74 Å². The molecule has 1 N–H and O–H groups in total. The lowest BCUT2D eigenvalue weighted by atomic mass is 10.4. The Kier molecular flexibility index (Phi) is 4.66. The molecule has 1 unspecified atom stereocenters. The summed E-state index contributed by atoms with van der Waals surface area (Å²) in [5.41, 5.74) is 0.290. The van der Waals surface area contributed by atoms with Crippen molar-refractivity contribution in [3.05, 3.63) is 12.2 Å². The zero-order valence-electron chi connectivity index (χ0n) is 6.24. The average Bonchev–Trinajstić information content (AvgIpc) is 1.86. The van der Waals surface area contributed by atoms with Crippen molar-refractivity contribution >= 4 is 14.0 Å². The van der Waals surface area contributed by atoms with Crippen LogP contribution in [-0.4, -0.2) is 23.6 Å². The zero-order valence-corrected chi connectivity index (χ0v) is 7.13. The highest BCUT2D eigenvalue weighted by Crippen LogP contribution is 2.10. The summed E-state index contributed by atoms with van der Waals surface area (Å²) in [6.45, 7) is 4.83. The molecule has 62 valence electrons. The van der Waals surface area contributed by atoms with E-state index < -0.39 is 14.0 Å². The van der Waals surface area contributed by atoms with Gasteiger partial charge in [0, 0.05) is 5.57 Å². The van der Waals surface area contributed by atoms with Crippen LogP contribution in [0.4, 0.5) is 0 Å². The molecule has 0 aromatic heterocycles. The Labute approximate surface area is 65.7 Å². The molecule has 0 spiro atoms. The van der Waals surface area contributed by atoms with Gasteiger partial charge in [-0.05, 0) is 11.5 Å². The predicted molar refractivity (Wildman–Crippen MR) is 40.5 cm³/mol. The van der Waals surface area contributed by atoms with Gasteiger partial charge in [-0.25, -0.2) is 4.79 Å². The molecule has 0 heterocycles. The van der Waals surface area contributed by atoms with E-state index in [-0.39, 0.29) is 18.3 Å². The van der Waals surface area contributed by atoms with E-state index in [1.807, 2.05) is 0 Å². The first-order chi connectivity index (χ1) is 5.04. The molecule has 0 aromatic carbocycles. The number of carbonyl (C=O) groups excluding carboxylic acids is 1. The molecule has 0 aliphatic heterocycles. The van der Waals surface area contributed by atoms with Crippen LogP contribution in [0.3, 0.4) is 0 Å². The van der Waals surface area contributed by atoms with Crippen molar-refractivity contribution in [2.24, 2.45) is 0 Å². The smallest absolute Gasteiger partial charge is 0.458 e. The first-order valence-electron chi connectivity index (χ1n) is 3.00. The number of carbonyl (C=O) groups is 1. The minimum atomic E-state index is -2.21. The highest BCUT2D eigenvalue weighted by atomic mass is 31.1. The van der Waals surface area contributed by atoms with Crippen LogP contribution >= 0.6 is 8.03 Å². The number of esters is 1. The standard InChI is InChI=1S/C6H9O4P/c1-5(2)6(7)10-3-4-11(8)9/h1,3-4H2,2H3/p+1. The molecule has 11 heavy (non-hydrogen) atoms. The normalized spacial score (nSPS) is 10.5. The predicted octanol–water partition coefficient (Wildman–Crippen LogP) is 0.840. The summed E-state index contributed by atoms with van der Waals surface area (Å²) >= 11 is 0. The molecule has 0 aliphatic rings. The van der Waals surface area contributed by atoms with E-state index in [2.05, 4.69) is 11.3 Å². The van der Waals surface area contributed by atoms with Crippen molar-refractivity contribution in [1.29, 1.82) is 0 Å². The second kappa shape index (κ2) is 4.99. The highest BCUT2D eigenvalue weighted by molar-refractivity contribution is 7.38. The van der Waals surface area contributed by atoms with Crippen LogP contribution in [0.2, 0.25) is 0 Å². The summed E-state index contributed by atoms with van der Waals surface area (Å²) < 4.78 is 14.6. The molecule has 4 nitrogen and oxygen atoms in total. The van der Waals surface area contributed by atoms with Gasteiger partial charge in [-0.15, -0.1) is 0 Å². The van der Waals surface area contributed by atoms with E-state index in [4.69, 9.17) is 4.89 Å². The highest BCUT2D eigenvalue weighted by Gasteiger charge is 2.11. The third-order valence-corrected chi connectivity index (χ3v) is 1.43. The first-order valence-corrected chi connectivity index (χ1v) is 4.40. The molecule has 0 saturated heterocycles. The average molecular weight is 177 g/mol. The van der Waals surface area contributed by atoms with E-state index >= 15 is 0 Å². The third-order valence-electron chi connectivity index (χ3n) is 0.864. The molecule has 0 aromatic rings. The zero-order chi connectivity index (χ0) is 8.85. The van der Waals surface area contributed by atoms with Gasteiger partial charge in [0.05, 0.1) is 0 Å². The van der Waals surface area contributed by atoms with Crippen molar-refractivity contribution in [3.8, 4) is 0 Å². The lowest BCUT2D eigenvalue weighted by Gasteiger charge is -1.97. The molecule has 1 atom stereocenters. The fourth-order valence-electron chi connectivity index (χ4n) is 0.340. The van der Waals surface area contributed by atoms with Crippen molar-refractivity contribution in [3.63, 3.8) is 0 Å². The Morgan fingerprint density at radius 2 is 2.27 bits per heavy atom. The topological polar surface area (TPSA) is 63.6 Å². The van der Waals surface area contributed by atoms with E-state index in [0.717, 1.165) is 0 Å². The first kappa shape index (κ1) is 10.3. The van der Waals surface area contributed by atoms with Crippen molar-refractivity contribution in [2.45, 2.75) is 6.92 Å². The van der Waals surface area contributed by atoms with Crippen LogP contribution < -0.4 is 0 Å². The Balaban J connectivity index is 3.47.